The van der Waals surface area contributed by atoms with E-state index in [9.17, 15) is 17.2 Å². The van der Waals surface area contributed by atoms with Crippen molar-refractivity contribution in [1.82, 2.24) is 0 Å². The molecule has 0 atom stereocenters. The van der Waals surface area contributed by atoms with Crippen molar-refractivity contribution in [3.05, 3.63) is 23.8 Å². The Morgan fingerprint density at radius 3 is 2.47 bits per heavy atom. The largest absolute Gasteiger partial charge is 0.435 e. The fourth-order valence-corrected chi connectivity index (χ4v) is 2.29. The van der Waals surface area contributed by atoms with Gasteiger partial charge in [0.15, 0.2) is 0 Å². The zero-order chi connectivity index (χ0) is 11.6. The van der Waals surface area contributed by atoms with Crippen molar-refractivity contribution in [3.63, 3.8) is 0 Å². The molecule has 0 aliphatic rings. The summed E-state index contributed by atoms with van der Waals surface area (Å²) in [5.74, 6) is -0.202. The highest BCUT2D eigenvalue weighted by Crippen LogP contribution is 2.28. The zero-order valence-corrected chi connectivity index (χ0v) is 9.15. The molecule has 0 unspecified atom stereocenters. The molecule has 0 saturated heterocycles. The Balaban J connectivity index is 3.24. The van der Waals surface area contributed by atoms with Gasteiger partial charge in [0.1, 0.15) is 5.75 Å². The van der Waals surface area contributed by atoms with Gasteiger partial charge in [-0.1, -0.05) is 6.07 Å². The van der Waals surface area contributed by atoms with Crippen molar-refractivity contribution in [1.29, 1.82) is 0 Å². The fourth-order valence-electron chi connectivity index (χ4n) is 1.08. The summed E-state index contributed by atoms with van der Waals surface area (Å²) >= 11 is 0. The first-order valence-electron chi connectivity index (χ1n) is 3.81. The molecule has 15 heavy (non-hydrogen) atoms. The van der Waals surface area contributed by atoms with E-state index in [2.05, 4.69) is 4.74 Å². The highest BCUT2D eigenvalue weighted by Gasteiger charge is 2.17. The van der Waals surface area contributed by atoms with Crippen LogP contribution < -0.4 is 4.74 Å². The first-order valence-corrected chi connectivity index (χ1v) is 6.12. The molecule has 0 aliphatic heterocycles. The van der Waals surface area contributed by atoms with Gasteiger partial charge in [-0.3, -0.25) is 0 Å². The van der Waals surface area contributed by atoms with E-state index in [1.54, 1.807) is 0 Å². The van der Waals surface area contributed by atoms with Crippen LogP contribution in [0.5, 0.6) is 5.75 Å². The van der Waals surface area contributed by atoms with Crippen molar-refractivity contribution in [2.75, 3.05) is 0 Å². The predicted octanol–water partition coefficient (Wildman–Crippen LogP) is 2.52. The molecule has 3 nitrogen and oxygen atoms in total. The van der Waals surface area contributed by atoms with E-state index in [4.69, 9.17) is 10.7 Å². The molecule has 0 fully saturated rings. The predicted molar refractivity (Wildman–Crippen MR) is 50.8 cm³/mol. The summed E-state index contributed by atoms with van der Waals surface area (Å²) in [6.07, 6.45) is 0. The van der Waals surface area contributed by atoms with Crippen molar-refractivity contribution in [3.8, 4) is 5.75 Å². The zero-order valence-electron chi connectivity index (χ0n) is 7.58. The molecule has 1 rings (SSSR count). The molecule has 84 valence electrons. The van der Waals surface area contributed by atoms with Crippen molar-refractivity contribution in [2.45, 2.75) is 18.4 Å². The lowest BCUT2D eigenvalue weighted by atomic mass is 10.2. The Morgan fingerprint density at radius 2 is 2.00 bits per heavy atom. The van der Waals surface area contributed by atoms with Gasteiger partial charge in [-0.15, -0.1) is 0 Å². The fraction of sp³-hybridized carbons (Fsp3) is 0.250. The molecular weight excluding hydrogens is 250 g/mol. The first kappa shape index (κ1) is 12.2. The topological polar surface area (TPSA) is 43.4 Å². The van der Waals surface area contributed by atoms with Crippen LogP contribution in [0.25, 0.3) is 0 Å². The summed E-state index contributed by atoms with van der Waals surface area (Å²) in [6, 6.07) is 3.74. The molecule has 0 heterocycles. The minimum atomic E-state index is -3.94. The molecule has 0 bridgehead atoms. The van der Waals surface area contributed by atoms with Gasteiger partial charge in [-0.2, -0.15) is 8.78 Å². The monoisotopic (exact) mass is 256 g/mol. The summed E-state index contributed by atoms with van der Waals surface area (Å²) in [6.45, 7) is -1.66. The lowest BCUT2D eigenvalue weighted by Crippen LogP contribution is -2.05. The average Bonchev–Trinajstić information content (AvgIpc) is 2.05. The Morgan fingerprint density at radius 1 is 1.40 bits per heavy atom. The Hall–Kier alpha value is -0.880. The van der Waals surface area contributed by atoms with Gasteiger partial charge in [0, 0.05) is 16.2 Å². The first-order chi connectivity index (χ1) is 6.82. The minimum absolute atomic E-state index is 0.0628. The third-order valence-electron chi connectivity index (χ3n) is 1.71. The molecular formula is C8H7ClF2O3S. The summed E-state index contributed by atoms with van der Waals surface area (Å²) in [7, 11) is 1.16. The third-order valence-corrected chi connectivity index (χ3v) is 3.18. The van der Waals surface area contributed by atoms with Gasteiger partial charge in [0.25, 0.3) is 9.05 Å². The van der Waals surface area contributed by atoms with Gasteiger partial charge in [0.2, 0.25) is 0 Å². The number of halogens is 3. The Bertz CT molecular complexity index is 459. The van der Waals surface area contributed by atoms with E-state index in [1.165, 1.54) is 25.1 Å². The quantitative estimate of drug-likeness (QED) is 0.781. The second-order valence-corrected chi connectivity index (χ2v) is 5.23. The molecule has 1 aromatic carbocycles. The Labute approximate surface area is 90.0 Å². The Kier molecular flexibility index (Phi) is 3.51. The number of ether oxygens (including phenoxy) is 1. The van der Waals surface area contributed by atoms with Crippen molar-refractivity contribution in [2.24, 2.45) is 0 Å². The lowest BCUT2D eigenvalue weighted by Gasteiger charge is -2.09. The smallest absolute Gasteiger partial charge is 0.387 e. The SMILES string of the molecule is Cc1c(OC(F)F)cccc1S(=O)(=O)Cl. The van der Waals surface area contributed by atoms with Gasteiger partial charge in [-0.05, 0) is 19.1 Å². The molecule has 0 aromatic heterocycles. The molecule has 0 saturated carbocycles. The standard InChI is InChI=1S/C8H7ClF2O3S/c1-5-6(14-8(10)11)3-2-4-7(5)15(9,12)13/h2-4,8H,1H3. The molecule has 0 amide bonds. The van der Waals surface area contributed by atoms with E-state index in [0.29, 0.717) is 0 Å². The number of rotatable bonds is 3. The van der Waals surface area contributed by atoms with Crippen LogP contribution in [0.15, 0.2) is 23.1 Å². The number of hydrogen-bond donors (Lipinski definition) is 0. The molecule has 0 spiro atoms. The highest BCUT2D eigenvalue weighted by atomic mass is 35.7. The van der Waals surface area contributed by atoms with Crippen LogP contribution in [0, 0.1) is 6.92 Å². The minimum Gasteiger partial charge on any atom is -0.435 e. The molecule has 0 radical (unpaired) electrons. The van der Waals surface area contributed by atoms with Crippen LogP contribution >= 0.6 is 10.7 Å². The number of benzene rings is 1. The summed E-state index contributed by atoms with van der Waals surface area (Å²) < 4.78 is 50.0. The van der Waals surface area contributed by atoms with E-state index >= 15 is 0 Å². The van der Waals surface area contributed by atoms with E-state index < -0.39 is 15.7 Å². The van der Waals surface area contributed by atoms with E-state index in [-0.39, 0.29) is 16.2 Å². The van der Waals surface area contributed by atoms with E-state index in [1.807, 2.05) is 0 Å². The average molecular weight is 257 g/mol. The molecule has 0 N–H and O–H groups in total. The van der Waals surface area contributed by atoms with Crippen LogP contribution in [0.2, 0.25) is 0 Å². The molecule has 0 aliphatic carbocycles. The maximum absolute atomic E-state index is 11.9. The van der Waals surface area contributed by atoms with Crippen molar-refractivity contribution >= 4 is 19.7 Å². The van der Waals surface area contributed by atoms with E-state index in [0.717, 1.165) is 0 Å². The van der Waals surface area contributed by atoms with Crippen LogP contribution in [0.4, 0.5) is 8.78 Å². The van der Waals surface area contributed by atoms with Crippen LogP contribution in [0.3, 0.4) is 0 Å². The maximum Gasteiger partial charge on any atom is 0.387 e. The van der Waals surface area contributed by atoms with Gasteiger partial charge in [0.05, 0.1) is 4.90 Å². The maximum atomic E-state index is 11.9. The second-order valence-electron chi connectivity index (χ2n) is 2.70. The molecule has 1 aromatic rings. The molecule has 7 heteroatoms. The summed E-state index contributed by atoms with van der Waals surface area (Å²) in [5.41, 5.74) is 0.0628. The van der Waals surface area contributed by atoms with Gasteiger partial charge in [-0.25, -0.2) is 8.42 Å². The van der Waals surface area contributed by atoms with Crippen LogP contribution in [0.1, 0.15) is 5.56 Å². The summed E-state index contributed by atoms with van der Waals surface area (Å²) in [4.78, 5) is -0.234. The van der Waals surface area contributed by atoms with Gasteiger partial charge < -0.3 is 4.74 Å². The number of hydrogen-bond acceptors (Lipinski definition) is 3. The highest BCUT2D eigenvalue weighted by molar-refractivity contribution is 8.13. The third kappa shape index (κ3) is 3.04. The summed E-state index contributed by atoms with van der Waals surface area (Å²) in [5, 5.41) is 0. The number of alkyl halides is 2. The van der Waals surface area contributed by atoms with Gasteiger partial charge >= 0.3 is 6.61 Å². The van der Waals surface area contributed by atoms with Crippen LogP contribution in [-0.4, -0.2) is 15.0 Å². The van der Waals surface area contributed by atoms with Crippen LogP contribution in [-0.2, 0) is 9.05 Å². The second kappa shape index (κ2) is 4.32. The normalized spacial score (nSPS) is 11.8. The lowest BCUT2D eigenvalue weighted by molar-refractivity contribution is -0.0504. The van der Waals surface area contributed by atoms with Crippen molar-refractivity contribution < 1.29 is 21.9 Å².